The lowest BCUT2D eigenvalue weighted by atomic mass is 10.3. The number of aliphatic carboxylic acids is 1. The molecule has 1 heterocycles. The molecule has 0 fully saturated rings. The lowest BCUT2D eigenvalue weighted by Crippen LogP contribution is -2.34. The van der Waals surface area contributed by atoms with E-state index in [2.05, 4.69) is 4.98 Å². The van der Waals surface area contributed by atoms with Crippen LogP contribution in [0.5, 0.6) is 0 Å². The number of carbonyl (C=O) groups excluding carboxylic acids is 1. The maximum atomic E-state index is 11.7. The summed E-state index contributed by atoms with van der Waals surface area (Å²) >= 11 is 0. The Morgan fingerprint density at radius 2 is 2.00 bits per heavy atom. The van der Waals surface area contributed by atoms with Crippen molar-refractivity contribution in [3.05, 3.63) is 24.5 Å². The second-order valence-electron chi connectivity index (χ2n) is 3.23. The minimum Gasteiger partial charge on any atom is -0.480 e. The Kier molecular flexibility index (Phi) is 5.09. The van der Waals surface area contributed by atoms with E-state index in [0.29, 0.717) is 12.2 Å². The van der Waals surface area contributed by atoms with Gasteiger partial charge in [0.2, 0.25) is 0 Å². The molecule has 1 amide bonds. The van der Waals surface area contributed by atoms with E-state index >= 15 is 0 Å². The van der Waals surface area contributed by atoms with Gasteiger partial charge < -0.3 is 14.7 Å². The predicted octanol–water partition coefficient (Wildman–Crippen LogP) is 0.536. The topological polar surface area (TPSA) is 79.7 Å². The second-order valence-corrected chi connectivity index (χ2v) is 3.23. The third-order valence-electron chi connectivity index (χ3n) is 2.04. The molecule has 6 heteroatoms. The fraction of sp³-hybridized carbons (Fsp3) is 0.364. The summed E-state index contributed by atoms with van der Waals surface area (Å²) in [6, 6.07) is 3.41. The van der Waals surface area contributed by atoms with Crippen molar-refractivity contribution in [2.75, 3.05) is 24.7 Å². The van der Waals surface area contributed by atoms with Gasteiger partial charge in [0.15, 0.2) is 0 Å². The summed E-state index contributed by atoms with van der Waals surface area (Å²) in [5, 5.41) is 8.38. The zero-order valence-corrected chi connectivity index (χ0v) is 9.50. The summed E-state index contributed by atoms with van der Waals surface area (Å²) in [7, 11) is 0. The number of carbonyl (C=O) groups is 2. The van der Waals surface area contributed by atoms with E-state index in [1.54, 1.807) is 24.5 Å². The normalized spacial score (nSPS) is 9.94. The van der Waals surface area contributed by atoms with Gasteiger partial charge in [-0.05, 0) is 19.1 Å². The molecule has 0 aliphatic carbocycles. The number of hydrogen-bond acceptors (Lipinski definition) is 4. The van der Waals surface area contributed by atoms with Gasteiger partial charge in [-0.1, -0.05) is 0 Å². The molecule has 1 aromatic heterocycles. The van der Waals surface area contributed by atoms with Crippen LogP contribution in [-0.4, -0.2) is 41.7 Å². The summed E-state index contributed by atoms with van der Waals surface area (Å²) in [5.41, 5.74) is 0.714. The summed E-state index contributed by atoms with van der Waals surface area (Å²) in [5.74, 6) is -1.37. The molecule has 6 nitrogen and oxygen atoms in total. The van der Waals surface area contributed by atoms with Crippen molar-refractivity contribution in [1.29, 1.82) is 0 Å². The molecule has 0 aliphatic rings. The number of rotatable bonds is 6. The molecule has 0 aromatic carbocycles. The minimum atomic E-state index is -1.09. The van der Waals surface area contributed by atoms with Crippen LogP contribution < -0.4 is 4.90 Å². The van der Waals surface area contributed by atoms with Crippen LogP contribution >= 0.6 is 0 Å². The third-order valence-corrected chi connectivity index (χ3v) is 2.04. The van der Waals surface area contributed by atoms with E-state index in [-0.39, 0.29) is 12.5 Å². The Balaban J connectivity index is 2.56. The number of carboxylic acid groups (broad SMARTS) is 1. The molecule has 0 unspecified atom stereocenters. The van der Waals surface area contributed by atoms with Crippen LogP contribution in [-0.2, 0) is 14.3 Å². The Morgan fingerprint density at radius 1 is 1.35 bits per heavy atom. The molecule has 0 radical (unpaired) electrons. The predicted molar refractivity (Wildman–Crippen MR) is 60.7 cm³/mol. The first-order valence-electron chi connectivity index (χ1n) is 5.15. The highest BCUT2D eigenvalue weighted by Crippen LogP contribution is 2.11. The summed E-state index contributed by atoms with van der Waals surface area (Å²) < 4.78 is 4.75. The fourth-order valence-electron chi connectivity index (χ4n) is 1.33. The van der Waals surface area contributed by atoms with Gasteiger partial charge in [0.25, 0.3) is 5.91 Å². The number of anilines is 1. The minimum absolute atomic E-state index is 0.248. The highest BCUT2D eigenvalue weighted by atomic mass is 16.5. The monoisotopic (exact) mass is 238 g/mol. The number of aromatic nitrogens is 1. The first-order valence-corrected chi connectivity index (χ1v) is 5.15. The maximum absolute atomic E-state index is 11.7. The van der Waals surface area contributed by atoms with E-state index in [9.17, 15) is 9.59 Å². The number of ether oxygens (including phenoxy) is 1. The van der Waals surface area contributed by atoms with Crippen molar-refractivity contribution >= 4 is 17.6 Å². The van der Waals surface area contributed by atoms with Crippen LogP contribution in [0, 0.1) is 0 Å². The molecule has 0 aliphatic heterocycles. The Labute approximate surface area is 98.8 Å². The first-order chi connectivity index (χ1) is 8.15. The maximum Gasteiger partial charge on any atom is 0.329 e. The number of likely N-dealkylation sites (N-methyl/N-ethyl adjacent to an activating group) is 1. The van der Waals surface area contributed by atoms with Gasteiger partial charge >= 0.3 is 5.97 Å². The SMILES string of the molecule is CCN(C(=O)COCC(=O)O)c1ccncc1. The number of amides is 1. The van der Waals surface area contributed by atoms with Crippen molar-refractivity contribution in [1.82, 2.24) is 4.98 Å². The number of carboxylic acids is 1. The Morgan fingerprint density at radius 3 is 2.53 bits per heavy atom. The van der Waals surface area contributed by atoms with Crippen LogP contribution in [0.25, 0.3) is 0 Å². The van der Waals surface area contributed by atoms with Crippen molar-refractivity contribution in [2.24, 2.45) is 0 Å². The standard InChI is InChI=1S/C11H14N2O4/c1-2-13(9-3-5-12-6-4-9)10(14)7-17-8-11(15)16/h3-6H,2,7-8H2,1H3,(H,15,16). The van der Waals surface area contributed by atoms with E-state index in [1.165, 1.54) is 4.90 Å². The van der Waals surface area contributed by atoms with Gasteiger partial charge in [-0.25, -0.2) is 4.79 Å². The first kappa shape index (κ1) is 13.1. The molecule has 0 bridgehead atoms. The van der Waals surface area contributed by atoms with Gasteiger partial charge in [-0.15, -0.1) is 0 Å². The Hall–Kier alpha value is -1.95. The van der Waals surface area contributed by atoms with E-state index < -0.39 is 12.6 Å². The number of hydrogen-bond donors (Lipinski definition) is 1. The highest BCUT2D eigenvalue weighted by molar-refractivity contribution is 5.94. The number of nitrogens with zero attached hydrogens (tertiary/aromatic N) is 2. The molecular formula is C11H14N2O4. The van der Waals surface area contributed by atoms with Crippen LogP contribution in [0.2, 0.25) is 0 Å². The average molecular weight is 238 g/mol. The Bertz CT molecular complexity index is 380. The van der Waals surface area contributed by atoms with Crippen LogP contribution in [0.15, 0.2) is 24.5 Å². The van der Waals surface area contributed by atoms with Crippen molar-refractivity contribution in [2.45, 2.75) is 6.92 Å². The van der Waals surface area contributed by atoms with Gasteiger partial charge in [-0.2, -0.15) is 0 Å². The molecule has 1 rings (SSSR count). The zero-order chi connectivity index (χ0) is 12.7. The summed E-state index contributed by atoms with van der Waals surface area (Å²) in [6.07, 6.45) is 3.17. The van der Waals surface area contributed by atoms with Crippen molar-refractivity contribution < 1.29 is 19.4 Å². The average Bonchev–Trinajstić information content (AvgIpc) is 2.31. The lowest BCUT2D eigenvalue weighted by Gasteiger charge is -2.20. The number of pyridine rings is 1. The van der Waals surface area contributed by atoms with E-state index in [4.69, 9.17) is 9.84 Å². The molecule has 0 saturated heterocycles. The lowest BCUT2D eigenvalue weighted by molar-refractivity contribution is -0.143. The molecule has 17 heavy (non-hydrogen) atoms. The molecule has 1 aromatic rings. The fourth-order valence-corrected chi connectivity index (χ4v) is 1.33. The summed E-state index contributed by atoms with van der Waals surface area (Å²) in [6.45, 7) is 1.59. The van der Waals surface area contributed by atoms with Gasteiger partial charge in [0.05, 0.1) is 0 Å². The molecule has 1 N–H and O–H groups in total. The van der Waals surface area contributed by atoms with E-state index in [1.807, 2.05) is 6.92 Å². The summed E-state index contributed by atoms with van der Waals surface area (Å²) in [4.78, 5) is 27.3. The van der Waals surface area contributed by atoms with Gasteiger partial charge in [0, 0.05) is 24.6 Å². The smallest absolute Gasteiger partial charge is 0.329 e. The molecule has 0 atom stereocenters. The van der Waals surface area contributed by atoms with Gasteiger partial charge in [0.1, 0.15) is 13.2 Å². The van der Waals surface area contributed by atoms with Crippen LogP contribution in [0.4, 0.5) is 5.69 Å². The second kappa shape index (κ2) is 6.59. The molecule has 0 saturated carbocycles. The molecular weight excluding hydrogens is 224 g/mol. The third kappa shape index (κ3) is 4.20. The van der Waals surface area contributed by atoms with Gasteiger partial charge in [-0.3, -0.25) is 9.78 Å². The highest BCUT2D eigenvalue weighted by Gasteiger charge is 2.14. The van der Waals surface area contributed by atoms with Crippen molar-refractivity contribution in [3.63, 3.8) is 0 Å². The largest absolute Gasteiger partial charge is 0.480 e. The van der Waals surface area contributed by atoms with Crippen LogP contribution in [0.3, 0.4) is 0 Å². The molecule has 0 spiro atoms. The van der Waals surface area contributed by atoms with Crippen molar-refractivity contribution in [3.8, 4) is 0 Å². The molecule has 92 valence electrons. The zero-order valence-electron chi connectivity index (χ0n) is 9.50. The van der Waals surface area contributed by atoms with E-state index in [0.717, 1.165) is 0 Å². The van der Waals surface area contributed by atoms with Crippen LogP contribution in [0.1, 0.15) is 6.92 Å². The quantitative estimate of drug-likeness (QED) is 0.782.